The fraction of sp³-hybridized carbons (Fsp3) is 0.375. The Morgan fingerprint density at radius 1 is 1.19 bits per heavy atom. The first-order chi connectivity index (χ1) is 10.3. The van der Waals surface area contributed by atoms with Crippen molar-refractivity contribution in [2.24, 2.45) is 0 Å². The number of fused-ring (bicyclic) bond motifs is 2. The van der Waals surface area contributed by atoms with Crippen LogP contribution in [0.3, 0.4) is 0 Å². The first-order valence-electron chi connectivity index (χ1n) is 7.36. The molecule has 1 saturated heterocycles. The number of hydrogen-bond donors (Lipinski definition) is 0. The molecule has 0 amide bonds. The highest BCUT2D eigenvalue weighted by Gasteiger charge is 2.35. The predicted molar refractivity (Wildman–Crippen MR) is 84.4 cm³/mol. The molecule has 4 nitrogen and oxygen atoms in total. The average molecular weight is 298 g/mol. The molecule has 2 aliphatic rings. The zero-order chi connectivity index (χ0) is 14.2. The molecule has 2 aliphatic heterocycles. The van der Waals surface area contributed by atoms with Crippen LogP contribution in [-0.2, 0) is 6.54 Å². The summed E-state index contributed by atoms with van der Waals surface area (Å²) in [4.78, 5) is 15.2. The van der Waals surface area contributed by atoms with Crippen LogP contribution in [0.25, 0.3) is 0 Å². The van der Waals surface area contributed by atoms with Crippen molar-refractivity contribution in [2.75, 3.05) is 18.5 Å². The maximum Gasteiger partial charge on any atom is 0.138 e. The molecule has 4 rings (SSSR count). The third kappa shape index (κ3) is 2.30. The van der Waals surface area contributed by atoms with Gasteiger partial charge in [0.1, 0.15) is 17.2 Å². The van der Waals surface area contributed by atoms with E-state index in [2.05, 4.69) is 51.1 Å². The smallest absolute Gasteiger partial charge is 0.138 e. The Morgan fingerprint density at radius 3 is 2.90 bits per heavy atom. The van der Waals surface area contributed by atoms with Gasteiger partial charge in [-0.1, -0.05) is 30.0 Å². The molecule has 1 unspecified atom stereocenters. The van der Waals surface area contributed by atoms with Crippen molar-refractivity contribution >= 4 is 17.6 Å². The lowest BCUT2D eigenvalue weighted by Crippen LogP contribution is -2.47. The molecule has 2 aromatic rings. The van der Waals surface area contributed by atoms with E-state index in [0.717, 1.165) is 17.4 Å². The van der Waals surface area contributed by atoms with Crippen LogP contribution in [0.1, 0.15) is 18.4 Å². The lowest BCUT2D eigenvalue weighted by Gasteiger charge is -2.39. The van der Waals surface area contributed by atoms with Crippen LogP contribution in [0.4, 0.5) is 5.82 Å². The Morgan fingerprint density at radius 2 is 2.05 bits per heavy atom. The van der Waals surface area contributed by atoms with E-state index in [1.807, 2.05) is 6.07 Å². The van der Waals surface area contributed by atoms with Gasteiger partial charge in [0.2, 0.25) is 0 Å². The van der Waals surface area contributed by atoms with Crippen LogP contribution >= 0.6 is 11.8 Å². The minimum absolute atomic E-state index is 0.516. The molecule has 0 N–H and O–H groups in total. The van der Waals surface area contributed by atoms with E-state index in [0.29, 0.717) is 6.17 Å². The largest absolute Gasteiger partial charge is 0.344 e. The second-order valence-electron chi connectivity index (χ2n) is 5.60. The molecule has 1 fully saturated rings. The van der Waals surface area contributed by atoms with Gasteiger partial charge >= 0.3 is 0 Å². The van der Waals surface area contributed by atoms with E-state index in [1.165, 1.54) is 29.8 Å². The lowest BCUT2D eigenvalue weighted by atomic mass is 10.2. The Balaban J connectivity index is 1.71. The first kappa shape index (κ1) is 13.1. The Kier molecular flexibility index (Phi) is 3.31. The van der Waals surface area contributed by atoms with Gasteiger partial charge in [-0.3, -0.25) is 4.90 Å². The van der Waals surface area contributed by atoms with Crippen LogP contribution in [0.5, 0.6) is 0 Å². The monoisotopic (exact) mass is 298 g/mol. The zero-order valence-electron chi connectivity index (χ0n) is 12.1. The fourth-order valence-corrected chi connectivity index (χ4v) is 4.19. The molecule has 108 valence electrons. The molecule has 5 heteroatoms. The molecule has 1 aromatic carbocycles. The van der Waals surface area contributed by atoms with Gasteiger partial charge in [-0.25, -0.2) is 9.97 Å². The van der Waals surface area contributed by atoms with Gasteiger partial charge in [0, 0.05) is 30.6 Å². The minimum Gasteiger partial charge on any atom is -0.344 e. The summed E-state index contributed by atoms with van der Waals surface area (Å²) in [6.45, 7) is 2.15. The molecule has 0 saturated carbocycles. The van der Waals surface area contributed by atoms with E-state index < -0.39 is 0 Å². The van der Waals surface area contributed by atoms with Gasteiger partial charge in [-0.2, -0.15) is 0 Å². The van der Waals surface area contributed by atoms with Crippen LogP contribution < -0.4 is 4.90 Å². The van der Waals surface area contributed by atoms with Crippen LogP contribution in [-0.4, -0.2) is 34.6 Å². The quantitative estimate of drug-likeness (QED) is 0.796. The zero-order valence-corrected chi connectivity index (χ0v) is 12.9. The topological polar surface area (TPSA) is 32.3 Å². The van der Waals surface area contributed by atoms with E-state index in [4.69, 9.17) is 0 Å². The van der Waals surface area contributed by atoms with Gasteiger partial charge in [-0.05, 0) is 25.0 Å². The minimum atomic E-state index is 0.516. The standard InChI is InChI=1S/C16H18N4S/c1-19-14-8-5-9-20(14)10-13-15(19)17-11-18-16(13)21-12-6-3-2-4-7-12/h2-4,6-7,11,14H,5,8-10H2,1H3. The lowest BCUT2D eigenvalue weighted by molar-refractivity contribution is 0.225. The van der Waals surface area contributed by atoms with Gasteiger partial charge in [0.25, 0.3) is 0 Å². The average Bonchev–Trinajstić information content (AvgIpc) is 2.98. The molecule has 1 atom stereocenters. The van der Waals surface area contributed by atoms with Crippen LogP contribution in [0.2, 0.25) is 0 Å². The summed E-state index contributed by atoms with van der Waals surface area (Å²) in [5.74, 6) is 1.10. The molecule has 3 heterocycles. The first-order valence-corrected chi connectivity index (χ1v) is 8.18. The second kappa shape index (κ2) is 5.31. The summed E-state index contributed by atoms with van der Waals surface area (Å²) in [7, 11) is 2.16. The molecule has 1 aromatic heterocycles. The summed E-state index contributed by atoms with van der Waals surface area (Å²) >= 11 is 1.73. The summed E-state index contributed by atoms with van der Waals surface area (Å²) in [5.41, 5.74) is 1.27. The predicted octanol–water partition coefficient (Wildman–Crippen LogP) is 3.00. The van der Waals surface area contributed by atoms with Crippen molar-refractivity contribution in [3.63, 3.8) is 0 Å². The van der Waals surface area contributed by atoms with Gasteiger partial charge in [-0.15, -0.1) is 0 Å². The summed E-state index contributed by atoms with van der Waals surface area (Å²) in [6, 6.07) is 10.4. The van der Waals surface area contributed by atoms with E-state index >= 15 is 0 Å². The highest BCUT2D eigenvalue weighted by molar-refractivity contribution is 7.99. The summed E-state index contributed by atoms with van der Waals surface area (Å²) < 4.78 is 0. The van der Waals surface area contributed by atoms with Gasteiger partial charge < -0.3 is 4.90 Å². The Labute approximate surface area is 129 Å². The van der Waals surface area contributed by atoms with Crippen LogP contribution in [0, 0.1) is 0 Å². The number of rotatable bonds is 2. The SMILES string of the molecule is CN1c2ncnc(Sc3ccccc3)c2CN2CCCC21. The second-order valence-corrected chi connectivity index (χ2v) is 6.66. The number of benzene rings is 1. The number of anilines is 1. The van der Waals surface area contributed by atoms with Crippen molar-refractivity contribution in [2.45, 2.75) is 35.5 Å². The molecule has 0 bridgehead atoms. The molecule has 0 aliphatic carbocycles. The molecule has 21 heavy (non-hydrogen) atoms. The van der Waals surface area contributed by atoms with Crippen molar-refractivity contribution in [1.29, 1.82) is 0 Å². The molecule has 0 radical (unpaired) electrons. The van der Waals surface area contributed by atoms with Gasteiger partial charge in [0.15, 0.2) is 0 Å². The van der Waals surface area contributed by atoms with E-state index in [-0.39, 0.29) is 0 Å². The van der Waals surface area contributed by atoms with Crippen molar-refractivity contribution in [3.05, 3.63) is 42.2 Å². The number of hydrogen-bond acceptors (Lipinski definition) is 5. The summed E-state index contributed by atoms with van der Waals surface area (Å²) in [5, 5.41) is 1.09. The molecular weight excluding hydrogens is 280 g/mol. The molecular formula is C16H18N4S. The summed E-state index contributed by atoms with van der Waals surface area (Å²) in [6.07, 6.45) is 4.73. The van der Waals surface area contributed by atoms with Crippen molar-refractivity contribution < 1.29 is 0 Å². The number of nitrogens with zero attached hydrogens (tertiary/aromatic N) is 4. The highest BCUT2D eigenvalue weighted by Crippen LogP contribution is 2.38. The Hall–Kier alpha value is -1.59. The normalized spacial score (nSPS) is 21.2. The maximum absolute atomic E-state index is 4.54. The molecule has 0 spiro atoms. The number of aromatic nitrogens is 2. The highest BCUT2D eigenvalue weighted by atomic mass is 32.2. The third-order valence-electron chi connectivity index (χ3n) is 4.31. The van der Waals surface area contributed by atoms with E-state index in [9.17, 15) is 0 Å². The third-order valence-corrected chi connectivity index (χ3v) is 5.37. The maximum atomic E-state index is 4.54. The van der Waals surface area contributed by atoms with Gasteiger partial charge in [0.05, 0.1) is 6.17 Å². The van der Waals surface area contributed by atoms with Crippen molar-refractivity contribution in [3.8, 4) is 0 Å². The fourth-order valence-electron chi connectivity index (χ4n) is 3.29. The van der Waals surface area contributed by atoms with Crippen molar-refractivity contribution in [1.82, 2.24) is 14.9 Å². The Bertz CT molecular complexity index is 646. The van der Waals surface area contributed by atoms with E-state index in [1.54, 1.807) is 18.1 Å². The van der Waals surface area contributed by atoms with Crippen LogP contribution in [0.15, 0.2) is 46.6 Å².